The maximum absolute atomic E-state index is 11.7. The molecule has 1 saturated carbocycles. The molecule has 0 radical (unpaired) electrons. The van der Waals surface area contributed by atoms with E-state index in [4.69, 9.17) is 0 Å². The Morgan fingerprint density at radius 1 is 1.37 bits per heavy atom. The van der Waals surface area contributed by atoms with Gasteiger partial charge in [0.2, 0.25) is 11.0 Å². The zero-order valence-corrected chi connectivity index (χ0v) is 12.8. The van der Waals surface area contributed by atoms with Crippen LogP contribution in [0.5, 0.6) is 0 Å². The Morgan fingerprint density at radius 2 is 2.16 bits per heavy atom. The summed E-state index contributed by atoms with van der Waals surface area (Å²) in [5.41, 5.74) is 0. The van der Waals surface area contributed by atoms with Crippen molar-refractivity contribution < 1.29 is 4.79 Å². The van der Waals surface area contributed by atoms with E-state index in [0.717, 1.165) is 16.0 Å². The molecule has 1 aliphatic carbocycles. The van der Waals surface area contributed by atoms with E-state index in [9.17, 15) is 4.79 Å². The summed E-state index contributed by atoms with van der Waals surface area (Å²) in [7, 11) is 1.81. The third kappa shape index (κ3) is 4.99. The molecular formula is C12H20N4OS2. The van der Waals surface area contributed by atoms with Gasteiger partial charge in [-0.1, -0.05) is 42.4 Å². The van der Waals surface area contributed by atoms with Crippen molar-refractivity contribution in [2.75, 3.05) is 24.7 Å². The van der Waals surface area contributed by atoms with E-state index in [2.05, 4.69) is 20.8 Å². The Hall–Kier alpha value is -0.820. The SMILES string of the molecule is CNc1nnc(SCC(=O)NCC2CCCCC2)s1. The van der Waals surface area contributed by atoms with Gasteiger partial charge in [-0.05, 0) is 18.8 Å². The van der Waals surface area contributed by atoms with Crippen molar-refractivity contribution in [3.8, 4) is 0 Å². The fourth-order valence-corrected chi connectivity index (χ4v) is 3.73. The van der Waals surface area contributed by atoms with Gasteiger partial charge in [0.05, 0.1) is 5.75 Å². The van der Waals surface area contributed by atoms with Crippen LogP contribution < -0.4 is 10.6 Å². The van der Waals surface area contributed by atoms with Crippen LogP contribution >= 0.6 is 23.1 Å². The van der Waals surface area contributed by atoms with Crippen LogP contribution in [0.3, 0.4) is 0 Å². The summed E-state index contributed by atoms with van der Waals surface area (Å²) < 4.78 is 0.831. The lowest BCUT2D eigenvalue weighted by Gasteiger charge is -2.21. The quantitative estimate of drug-likeness (QED) is 0.790. The van der Waals surface area contributed by atoms with E-state index in [1.807, 2.05) is 7.05 Å². The molecule has 1 aliphatic rings. The Balaban J connectivity index is 1.63. The second-order valence-electron chi connectivity index (χ2n) is 4.72. The molecule has 5 nitrogen and oxygen atoms in total. The van der Waals surface area contributed by atoms with Crippen LogP contribution in [0.1, 0.15) is 32.1 Å². The molecule has 0 unspecified atom stereocenters. The summed E-state index contributed by atoms with van der Waals surface area (Å²) in [6.45, 7) is 0.831. The summed E-state index contributed by atoms with van der Waals surface area (Å²) in [6.07, 6.45) is 6.50. The second-order valence-corrected chi connectivity index (χ2v) is 6.92. The molecule has 106 valence electrons. The smallest absolute Gasteiger partial charge is 0.230 e. The zero-order chi connectivity index (χ0) is 13.5. The van der Waals surface area contributed by atoms with Crippen molar-refractivity contribution in [1.29, 1.82) is 0 Å². The predicted octanol–water partition coefficient (Wildman–Crippen LogP) is 2.37. The van der Waals surface area contributed by atoms with Crippen molar-refractivity contribution in [3.63, 3.8) is 0 Å². The molecule has 0 saturated heterocycles. The second kappa shape index (κ2) is 7.69. The Morgan fingerprint density at radius 3 is 2.84 bits per heavy atom. The molecule has 2 rings (SSSR count). The topological polar surface area (TPSA) is 66.9 Å². The van der Waals surface area contributed by atoms with Gasteiger partial charge in [-0.2, -0.15) is 0 Å². The minimum atomic E-state index is 0.0942. The summed E-state index contributed by atoms with van der Waals surface area (Å²) in [6, 6.07) is 0. The molecule has 1 amide bonds. The van der Waals surface area contributed by atoms with Crippen molar-refractivity contribution in [1.82, 2.24) is 15.5 Å². The number of hydrogen-bond donors (Lipinski definition) is 2. The highest BCUT2D eigenvalue weighted by molar-refractivity contribution is 8.01. The number of carbonyl (C=O) groups is 1. The highest BCUT2D eigenvalue weighted by atomic mass is 32.2. The van der Waals surface area contributed by atoms with Crippen LogP contribution in [-0.2, 0) is 4.79 Å². The summed E-state index contributed by atoms with van der Waals surface area (Å²) >= 11 is 2.91. The lowest BCUT2D eigenvalue weighted by molar-refractivity contribution is -0.118. The number of nitrogens with zero attached hydrogens (tertiary/aromatic N) is 2. The molecule has 0 spiro atoms. The van der Waals surface area contributed by atoms with Gasteiger partial charge in [0.1, 0.15) is 0 Å². The number of thioether (sulfide) groups is 1. The van der Waals surface area contributed by atoms with Gasteiger partial charge < -0.3 is 10.6 Å². The van der Waals surface area contributed by atoms with Crippen LogP contribution in [0.2, 0.25) is 0 Å². The van der Waals surface area contributed by atoms with E-state index >= 15 is 0 Å². The van der Waals surface area contributed by atoms with Crippen LogP contribution in [-0.4, -0.2) is 35.4 Å². The van der Waals surface area contributed by atoms with E-state index in [1.165, 1.54) is 55.2 Å². The fourth-order valence-electron chi connectivity index (χ4n) is 2.20. The van der Waals surface area contributed by atoms with Crippen LogP contribution in [0.4, 0.5) is 5.13 Å². The van der Waals surface area contributed by atoms with Gasteiger partial charge in [0.15, 0.2) is 4.34 Å². The van der Waals surface area contributed by atoms with Gasteiger partial charge in [-0.15, -0.1) is 10.2 Å². The first-order valence-corrected chi connectivity index (χ1v) is 8.49. The largest absolute Gasteiger partial charge is 0.363 e. The average molecular weight is 300 g/mol. The summed E-state index contributed by atoms with van der Waals surface area (Å²) in [5, 5.41) is 14.7. The molecule has 1 aromatic rings. The molecular weight excluding hydrogens is 280 g/mol. The molecule has 0 bridgehead atoms. The van der Waals surface area contributed by atoms with Gasteiger partial charge in [-0.25, -0.2) is 0 Å². The Kier molecular flexibility index (Phi) is 5.91. The molecule has 7 heteroatoms. The lowest BCUT2D eigenvalue weighted by Crippen LogP contribution is -2.31. The molecule has 19 heavy (non-hydrogen) atoms. The number of amides is 1. The predicted molar refractivity (Wildman–Crippen MR) is 79.8 cm³/mol. The third-order valence-corrected chi connectivity index (χ3v) is 5.33. The maximum Gasteiger partial charge on any atom is 0.230 e. The number of nitrogens with one attached hydrogen (secondary N) is 2. The monoisotopic (exact) mass is 300 g/mol. The zero-order valence-electron chi connectivity index (χ0n) is 11.1. The highest BCUT2D eigenvalue weighted by Crippen LogP contribution is 2.25. The first-order chi connectivity index (χ1) is 9.28. The van der Waals surface area contributed by atoms with Crippen molar-refractivity contribution in [2.24, 2.45) is 5.92 Å². The third-order valence-electron chi connectivity index (χ3n) is 3.26. The van der Waals surface area contributed by atoms with Gasteiger partial charge in [0.25, 0.3) is 0 Å². The van der Waals surface area contributed by atoms with E-state index in [0.29, 0.717) is 11.7 Å². The Bertz CT molecular complexity index is 404. The standard InChI is InChI=1S/C12H20N4OS2/c1-13-11-15-16-12(19-11)18-8-10(17)14-7-9-5-3-2-4-6-9/h9H,2-8H2,1H3,(H,13,15)(H,14,17). The minimum absolute atomic E-state index is 0.0942. The van der Waals surface area contributed by atoms with Gasteiger partial charge in [-0.3, -0.25) is 4.79 Å². The van der Waals surface area contributed by atoms with Crippen LogP contribution in [0, 0.1) is 5.92 Å². The first kappa shape index (κ1) is 14.6. The number of hydrogen-bond acceptors (Lipinski definition) is 6. The highest BCUT2D eigenvalue weighted by Gasteiger charge is 2.14. The number of anilines is 1. The van der Waals surface area contributed by atoms with Gasteiger partial charge in [0, 0.05) is 13.6 Å². The van der Waals surface area contributed by atoms with Crippen molar-refractivity contribution >= 4 is 34.1 Å². The average Bonchev–Trinajstić information content (AvgIpc) is 2.92. The molecule has 1 aromatic heterocycles. The first-order valence-electron chi connectivity index (χ1n) is 6.68. The van der Waals surface area contributed by atoms with Crippen molar-refractivity contribution in [3.05, 3.63) is 0 Å². The van der Waals surface area contributed by atoms with Crippen molar-refractivity contribution in [2.45, 2.75) is 36.4 Å². The van der Waals surface area contributed by atoms with E-state index in [-0.39, 0.29) is 5.91 Å². The molecule has 0 atom stereocenters. The normalized spacial score (nSPS) is 16.3. The molecule has 0 aromatic carbocycles. The van der Waals surface area contributed by atoms with Crippen LogP contribution in [0.15, 0.2) is 4.34 Å². The molecule has 1 fully saturated rings. The Labute approximate surface area is 122 Å². The van der Waals surface area contributed by atoms with E-state index in [1.54, 1.807) is 0 Å². The molecule has 1 heterocycles. The number of carbonyl (C=O) groups excluding carboxylic acids is 1. The maximum atomic E-state index is 11.7. The number of rotatable bonds is 6. The fraction of sp³-hybridized carbons (Fsp3) is 0.750. The van der Waals surface area contributed by atoms with Gasteiger partial charge >= 0.3 is 0 Å². The number of aromatic nitrogens is 2. The van der Waals surface area contributed by atoms with E-state index < -0.39 is 0 Å². The van der Waals surface area contributed by atoms with Crippen LogP contribution in [0.25, 0.3) is 0 Å². The lowest BCUT2D eigenvalue weighted by atomic mass is 9.89. The summed E-state index contributed by atoms with van der Waals surface area (Å²) in [4.78, 5) is 11.7. The molecule has 0 aliphatic heterocycles. The summed E-state index contributed by atoms with van der Waals surface area (Å²) in [5.74, 6) is 1.20. The molecule has 2 N–H and O–H groups in total. The minimum Gasteiger partial charge on any atom is -0.363 e.